The molecule has 0 spiro atoms. The highest BCUT2D eigenvalue weighted by atomic mass is 16.2. The summed E-state index contributed by atoms with van der Waals surface area (Å²) < 4.78 is 0. The van der Waals surface area contributed by atoms with Gasteiger partial charge in [-0.25, -0.2) is 0 Å². The Labute approximate surface area is 116 Å². The highest BCUT2D eigenvalue weighted by molar-refractivity contribution is 6.12. The third-order valence-electron chi connectivity index (χ3n) is 3.68. The van der Waals surface area contributed by atoms with E-state index in [0.29, 0.717) is 18.5 Å². The van der Waals surface area contributed by atoms with Gasteiger partial charge in [-0.05, 0) is 32.2 Å². The molecule has 0 bridgehead atoms. The van der Waals surface area contributed by atoms with Crippen molar-refractivity contribution in [2.45, 2.75) is 52.5 Å². The first-order valence-corrected chi connectivity index (χ1v) is 7.29. The lowest BCUT2D eigenvalue weighted by atomic mass is 10.1. The van der Waals surface area contributed by atoms with Crippen LogP contribution in [0.5, 0.6) is 0 Å². The smallest absolute Gasteiger partial charge is 0.253 e. The Kier molecular flexibility index (Phi) is 6.78. The molecule has 0 aliphatic carbocycles. The number of carbonyl (C=O) groups excluding carboxylic acids is 2. The largest absolute Gasteiger partial charge is 0.314 e. The molecule has 1 atom stereocenters. The molecule has 4 heteroatoms. The zero-order valence-corrected chi connectivity index (χ0v) is 12.3. The molecule has 19 heavy (non-hydrogen) atoms. The van der Waals surface area contributed by atoms with Gasteiger partial charge in [-0.15, -0.1) is 0 Å². The molecule has 1 unspecified atom stereocenters. The third kappa shape index (κ3) is 5.55. The Morgan fingerprint density at radius 1 is 1.00 bits per heavy atom. The fourth-order valence-corrected chi connectivity index (χ4v) is 1.97. The van der Waals surface area contributed by atoms with E-state index in [9.17, 15) is 9.59 Å². The van der Waals surface area contributed by atoms with Crippen LogP contribution >= 0.6 is 0 Å². The zero-order valence-electron chi connectivity index (χ0n) is 12.3. The minimum atomic E-state index is -0.169. The second kappa shape index (κ2) is 8.10. The van der Waals surface area contributed by atoms with E-state index in [2.05, 4.69) is 26.1 Å². The van der Waals surface area contributed by atoms with E-state index in [1.54, 1.807) is 0 Å². The second-order valence-corrected chi connectivity index (χ2v) is 5.56. The maximum absolute atomic E-state index is 11.3. The van der Waals surface area contributed by atoms with Gasteiger partial charge in [0.05, 0.1) is 0 Å². The zero-order chi connectivity index (χ0) is 14.3. The van der Waals surface area contributed by atoms with Crippen LogP contribution in [-0.2, 0) is 9.59 Å². The monoisotopic (exact) mass is 266 g/mol. The molecular formula is C15H26N2O2. The number of amides is 2. The summed E-state index contributed by atoms with van der Waals surface area (Å²) >= 11 is 0. The Balaban J connectivity index is 1.97. The van der Waals surface area contributed by atoms with Crippen LogP contribution in [0.15, 0.2) is 12.2 Å². The van der Waals surface area contributed by atoms with E-state index in [0.717, 1.165) is 32.2 Å². The van der Waals surface area contributed by atoms with Gasteiger partial charge in [0.15, 0.2) is 0 Å². The molecule has 1 rings (SSSR count). The normalized spacial score (nSPS) is 16.7. The average Bonchev–Trinajstić information content (AvgIpc) is 2.68. The van der Waals surface area contributed by atoms with E-state index in [1.807, 2.05) is 0 Å². The van der Waals surface area contributed by atoms with Crippen LogP contribution in [0, 0.1) is 5.92 Å². The van der Waals surface area contributed by atoms with Crippen molar-refractivity contribution in [3.63, 3.8) is 0 Å². The first-order valence-electron chi connectivity index (χ1n) is 7.29. The van der Waals surface area contributed by atoms with Gasteiger partial charge in [-0.1, -0.05) is 26.7 Å². The fraction of sp³-hybridized carbons (Fsp3) is 0.733. The van der Waals surface area contributed by atoms with Gasteiger partial charge in [0, 0.05) is 24.7 Å². The summed E-state index contributed by atoms with van der Waals surface area (Å²) in [4.78, 5) is 23.9. The molecule has 1 aliphatic rings. The number of hydrogen-bond acceptors (Lipinski definition) is 3. The highest BCUT2D eigenvalue weighted by Gasteiger charge is 2.21. The first-order chi connectivity index (χ1) is 9.02. The van der Waals surface area contributed by atoms with Crippen LogP contribution in [0.25, 0.3) is 0 Å². The fourth-order valence-electron chi connectivity index (χ4n) is 1.97. The number of carbonyl (C=O) groups is 2. The Bertz CT molecular complexity index is 319. The van der Waals surface area contributed by atoms with Crippen molar-refractivity contribution < 1.29 is 9.59 Å². The molecule has 2 amide bonds. The lowest BCUT2D eigenvalue weighted by Gasteiger charge is -2.17. The molecule has 1 N–H and O–H groups in total. The van der Waals surface area contributed by atoms with Crippen molar-refractivity contribution in [2.75, 3.05) is 13.1 Å². The maximum Gasteiger partial charge on any atom is 0.253 e. The van der Waals surface area contributed by atoms with Gasteiger partial charge >= 0.3 is 0 Å². The number of imide groups is 1. The molecular weight excluding hydrogens is 240 g/mol. The number of nitrogens with one attached hydrogen (secondary N) is 1. The Hall–Kier alpha value is -1.16. The van der Waals surface area contributed by atoms with Gasteiger partial charge in [-0.2, -0.15) is 0 Å². The standard InChI is InChI=1S/C15H26N2O2/c1-12(2)13(3)16-10-6-4-5-7-11-17-14(18)8-9-15(17)19/h8-9,12-13,16H,4-7,10-11H2,1-3H3. The molecule has 0 aromatic rings. The van der Waals surface area contributed by atoms with E-state index in [4.69, 9.17) is 0 Å². The molecule has 0 saturated carbocycles. The lowest BCUT2D eigenvalue weighted by Crippen LogP contribution is -2.31. The van der Waals surface area contributed by atoms with Crippen LogP contribution in [0.2, 0.25) is 0 Å². The Morgan fingerprint density at radius 2 is 1.58 bits per heavy atom. The molecule has 0 saturated heterocycles. The van der Waals surface area contributed by atoms with Crippen molar-refractivity contribution in [1.82, 2.24) is 10.2 Å². The summed E-state index contributed by atoms with van der Waals surface area (Å²) in [7, 11) is 0. The SMILES string of the molecule is CC(C)C(C)NCCCCCCN1C(=O)C=CC1=O. The highest BCUT2D eigenvalue weighted by Crippen LogP contribution is 2.07. The molecule has 0 fully saturated rings. The van der Waals surface area contributed by atoms with Crippen LogP contribution in [-0.4, -0.2) is 35.8 Å². The summed E-state index contributed by atoms with van der Waals surface area (Å²) in [5, 5.41) is 3.50. The molecule has 0 radical (unpaired) electrons. The molecule has 0 aromatic heterocycles. The second-order valence-electron chi connectivity index (χ2n) is 5.56. The van der Waals surface area contributed by atoms with E-state index in [1.165, 1.54) is 17.1 Å². The predicted octanol–water partition coefficient (Wildman–Crippen LogP) is 2.11. The molecule has 4 nitrogen and oxygen atoms in total. The van der Waals surface area contributed by atoms with E-state index < -0.39 is 0 Å². The number of nitrogens with zero attached hydrogens (tertiary/aromatic N) is 1. The van der Waals surface area contributed by atoms with Crippen LogP contribution in [0.1, 0.15) is 46.5 Å². The topological polar surface area (TPSA) is 49.4 Å². The van der Waals surface area contributed by atoms with Crippen molar-refractivity contribution in [1.29, 1.82) is 0 Å². The van der Waals surface area contributed by atoms with Crippen molar-refractivity contribution >= 4 is 11.8 Å². The van der Waals surface area contributed by atoms with Gasteiger partial charge < -0.3 is 5.32 Å². The molecule has 108 valence electrons. The van der Waals surface area contributed by atoms with Crippen LogP contribution in [0.3, 0.4) is 0 Å². The van der Waals surface area contributed by atoms with Gasteiger partial charge in [0.2, 0.25) is 0 Å². The number of rotatable bonds is 9. The number of hydrogen-bond donors (Lipinski definition) is 1. The minimum Gasteiger partial charge on any atom is -0.314 e. The van der Waals surface area contributed by atoms with E-state index >= 15 is 0 Å². The lowest BCUT2D eigenvalue weighted by molar-refractivity contribution is -0.136. The predicted molar refractivity (Wildman–Crippen MR) is 76.6 cm³/mol. The third-order valence-corrected chi connectivity index (χ3v) is 3.68. The summed E-state index contributed by atoms with van der Waals surface area (Å²) in [6, 6.07) is 0.561. The summed E-state index contributed by atoms with van der Waals surface area (Å²) in [5.74, 6) is 0.328. The van der Waals surface area contributed by atoms with Gasteiger partial charge in [0.1, 0.15) is 0 Å². The molecule has 1 heterocycles. The Morgan fingerprint density at radius 3 is 2.16 bits per heavy atom. The van der Waals surface area contributed by atoms with Crippen molar-refractivity contribution in [3.05, 3.63) is 12.2 Å². The van der Waals surface area contributed by atoms with Gasteiger partial charge in [0.25, 0.3) is 11.8 Å². The summed E-state index contributed by atoms with van der Waals surface area (Å²) in [6.07, 6.45) is 6.95. The maximum atomic E-state index is 11.3. The molecule has 0 aromatic carbocycles. The quantitative estimate of drug-likeness (QED) is 0.513. The average molecular weight is 266 g/mol. The summed E-state index contributed by atoms with van der Waals surface area (Å²) in [5.41, 5.74) is 0. The van der Waals surface area contributed by atoms with Crippen molar-refractivity contribution in [2.24, 2.45) is 5.92 Å². The molecule has 1 aliphatic heterocycles. The van der Waals surface area contributed by atoms with Crippen LogP contribution < -0.4 is 5.32 Å². The minimum absolute atomic E-state index is 0.169. The van der Waals surface area contributed by atoms with Crippen LogP contribution in [0.4, 0.5) is 0 Å². The van der Waals surface area contributed by atoms with Crippen molar-refractivity contribution in [3.8, 4) is 0 Å². The van der Waals surface area contributed by atoms with E-state index in [-0.39, 0.29) is 11.8 Å². The van der Waals surface area contributed by atoms with Gasteiger partial charge in [-0.3, -0.25) is 14.5 Å². The summed E-state index contributed by atoms with van der Waals surface area (Å²) in [6.45, 7) is 8.25. The number of unbranched alkanes of at least 4 members (excludes halogenated alkanes) is 3. The first kappa shape index (κ1) is 15.9.